The van der Waals surface area contributed by atoms with Crippen molar-refractivity contribution >= 4 is 53.0 Å². The number of nitrogens with two attached hydrogens (primary N) is 1. The van der Waals surface area contributed by atoms with Gasteiger partial charge in [-0.2, -0.15) is 35.7 Å². The molecule has 3 rings (SSSR count). The van der Waals surface area contributed by atoms with E-state index < -0.39 is 47.4 Å². The van der Waals surface area contributed by atoms with Gasteiger partial charge >= 0.3 is 15.5 Å². The molecule has 0 aliphatic carbocycles. The Kier molecular flexibility index (Phi) is 12.3. The quantitative estimate of drug-likeness (QED) is 0.0675. The molecule has 3 aromatic rings. The van der Waals surface area contributed by atoms with Gasteiger partial charge in [-0.3, -0.25) is 25.9 Å². The van der Waals surface area contributed by atoms with E-state index in [0.29, 0.717) is 17.0 Å². The fourth-order valence-corrected chi connectivity index (χ4v) is 7.38. The van der Waals surface area contributed by atoms with Crippen molar-refractivity contribution in [1.29, 1.82) is 0 Å². The number of likely N-dealkylation sites (N-methyl/N-ethyl adjacent to an activating group) is 2. The number of halogens is 3. The van der Waals surface area contributed by atoms with Crippen molar-refractivity contribution in [3.63, 3.8) is 0 Å². The Balaban J connectivity index is 2.41. The zero-order valence-electron chi connectivity index (χ0n) is 27.3. The standard InChI is InChI=1S/C27H41F3N10O5S3/c1-19(2)34-26(38(3)4,39(5)24-33-22(23(46-24)36-45-6)40(31)48(43,44)27(28,29)30)25(37-47(7,41)42,35-21-16-12-9-13-17-21)32-18-20-14-10-8-11-15-20/h8-17,19,32,34-37H,18,31H2,1-7H3. The number of nitrogens with zero attached hydrogens (tertiary/aromatic N) is 4. The molecule has 21 heteroatoms. The average Bonchev–Trinajstić information content (AvgIpc) is 3.41. The van der Waals surface area contributed by atoms with Crippen molar-refractivity contribution in [3.8, 4) is 0 Å². The predicted molar refractivity (Wildman–Crippen MR) is 182 cm³/mol. The summed E-state index contributed by atoms with van der Waals surface area (Å²) in [7, 11) is -4.21. The molecule has 2 aromatic carbocycles. The van der Waals surface area contributed by atoms with Crippen molar-refractivity contribution in [1.82, 2.24) is 25.2 Å². The highest BCUT2D eigenvalue weighted by Gasteiger charge is 2.60. The predicted octanol–water partition coefficient (Wildman–Crippen LogP) is 2.40. The van der Waals surface area contributed by atoms with E-state index in [4.69, 9.17) is 10.7 Å². The van der Waals surface area contributed by atoms with Crippen LogP contribution >= 0.6 is 11.3 Å². The lowest BCUT2D eigenvalue weighted by Gasteiger charge is -2.58. The molecule has 0 spiro atoms. The minimum absolute atomic E-state index is 0.102. The number of hydrazine groups is 1. The molecule has 0 aliphatic heterocycles. The molecule has 0 saturated heterocycles. The molecule has 0 radical (unpaired) electrons. The smallest absolute Gasteiger partial charge is 0.350 e. The third kappa shape index (κ3) is 8.47. The first-order valence-electron chi connectivity index (χ1n) is 14.2. The lowest BCUT2D eigenvalue weighted by atomic mass is 10.0. The van der Waals surface area contributed by atoms with Gasteiger partial charge in [0.25, 0.3) is 0 Å². The molecule has 0 fully saturated rings. The molecule has 0 amide bonds. The molecule has 0 bridgehead atoms. The lowest BCUT2D eigenvalue weighted by Crippen LogP contribution is -2.89. The van der Waals surface area contributed by atoms with Crippen LogP contribution in [0, 0.1) is 0 Å². The first-order valence-corrected chi connectivity index (χ1v) is 18.3. The summed E-state index contributed by atoms with van der Waals surface area (Å²) >= 11 is 0.699. The Morgan fingerprint density at radius 2 is 1.54 bits per heavy atom. The lowest BCUT2D eigenvalue weighted by molar-refractivity contribution is -0.0438. The molecule has 268 valence electrons. The largest absolute Gasteiger partial charge is 0.518 e. The normalized spacial score (nSPS) is 15.2. The highest BCUT2D eigenvalue weighted by Crippen LogP contribution is 2.42. The van der Waals surface area contributed by atoms with Gasteiger partial charge in [-0.25, -0.2) is 14.3 Å². The number of hydrogen-bond acceptors (Lipinski definition) is 14. The van der Waals surface area contributed by atoms with Crippen LogP contribution in [0.2, 0.25) is 0 Å². The number of alkyl halides is 3. The second kappa shape index (κ2) is 15.1. The van der Waals surface area contributed by atoms with Gasteiger partial charge in [-0.05, 0) is 45.6 Å². The maximum atomic E-state index is 13.5. The van der Waals surface area contributed by atoms with Gasteiger partial charge in [-0.15, -0.1) is 0 Å². The molecule has 2 atom stereocenters. The molecule has 48 heavy (non-hydrogen) atoms. The number of hydrogen-bond donors (Lipinski definition) is 6. The zero-order chi connectivity index (χ0) is 36.1. The minimum Gasteiger partial charge on any atom is -0.350 e. The monoisotopic (exact) mass is 738 g/mol. The molecular formula is C27H41F3N10O5S3. The van der Waals surface area contributed by atoms with Crippen LogP contribution in [-0.2, 0) is 31.4 Å². The van der Waals surface area contributed by atoms with Crippen molar-refractivity contribution < 1.29 is 34.8 Å². The van der Waals surface area contributed by atoms with Gasteiger partial charge in [0.05, 0.1) is 13.4 Å². The van der Waals surface area contributed by atoms with E-state index in [0.717, 1.165) is 18.9 Å². The Bertz CT molecular complexity index is 1720. The topological polar surface area (TPSA) is 186 Å². The number of anilines is 4. The van der Waals surface area contributed by atoms with Crippen LogP contribution in [-0.4, -0.2) is 84.4 Å². The van der Waals surface area contributed by atoms with Gasteiger partial charge in [-0.1, -0.05) is 59.9 Å². The van der Waals surface area contributed by atoms with E-state index in [1.165, 1.54) is 11.9 Å². The fourth-order valence-electron chi connectivity index (χ4n) is 4.97. The van der Waals surface area contributed by atoms with Gasteiger partial charge < -0.3 is 10.2 Å². The second-order valence-corrected chi connectivity index (χ2v) is 15.6. The summed E-state index contributed by atoms with van der Waals surface area (Å²) < 4.78 is 94.1. The van der Waals surface area contributed by atoms with Crippen molar-refractivity contribution in [2.75, 3.05) is 54.6 Å². The van der Waals surface area contributed by atoms with Crippen molar-refractivity contribution in [3.05, 3.63) is 66.2 Å². The Labute approximate surface area is 282 Å². The summed E-state index contributed by atoms with van der Waals surface area (Å²) in [6.45, 7) is 3.71. The summed E-state index contributed by atoms with van der Waals surface area (Å²) in [5, 5.41) is 9.71. The van der Waals surface area contributed by atoms with Crippen LogP contribution in [0.15, 0.2) is 60.7 Å². The van der Waals surface area contributed by atoms with E-state index in [1.807, 2.05) is 30.3 Å². The molecule has 1 aromatic heterocycles. The molecular weight excluding hydrogens is 698 g/mol. The number of nitrogens with one attached hydrogen (secondary N) is 5. The molecule has 7 N–H and O–H groups in total. The number of para-hydroxylation sites is 1. The van der Waals surface area contributed by atoms with Crippen LogP contribution in [0.4, 0.5) is 34.8 Å². The minimum atomic E-state index is -6.09. The van der Waals surface area contributed by atoms with Crippen molar-refractivity contribution in [2.24, 2.45) is 5.84 Å². The third-order valence-corrected chi connectivity index (χ3v) is 9.80. The highest BCUT2D eigenvalue weighted by molar-refractivity contribution is 7.93. The molecule has 2 unspecified atom stereocenters. The fraction of sp³-hybridized carbons (Fsp3) is 0.444. The van der Waals surface area contributed by atoms with Gasteiger partial charge in [0.1, 0.15) is 0 Å². The number of benzene rings is 2. The van der Waals surface area contributed by atoms with Crippen molar-refractivity contribution in [2.45, 2.75) is 43.5 Å². The highest BCUT2D eigenvalue weighted by atomic mass is 32.2. The maximum Gasteiger partial charge on any atom is 0.518 e. The number of thiazole rings is 1. The Morgan fingerprint density at radius 1 is 0.979 bits per heavy atom. The van der Waals surface area contributed by atoms with Gasteiger partial charge in [0, 0.05) is 25.3 Å². The van der Waals surface area contributed by atoms with Gasteiger partial charge in [0.15, 0.2) is 16.0 Å². The maximum absolute atomic E-state index is 13.5. The summed E-state index contributed by atoms with van der Waals surface area (Å²) in [4.78, 5) is 12.2. The SMILES string of the molecule is CONc1sc(N(C)C(NC(C)C)(N(C)C)C(NCc2ccccc2)(Nc2ccccc2)NS(C)(=O)=O)nc1N(N)S(=O)(=O)C(F)(F)F. The van der Waals surface area contributed by atoms with E-state index in [-0.39, 0.29) is 22.7 Å². The summed E-state index contributed by atoms with van der Waals surface area (Å²) in [5.74, 6) is 1.04. The number of sulfonamides is 2. The average molecular weight is 739 g/mol. The molecule has 1 heterocycles. The second-order valence-electron chi connectivity index (χ2n) is 11.1. The summed E-state index contributed by atoms with van der Waals surface area (Å²) in [5.41, 5.74) is -2.15. The van der Waals surface area contributed by atoms with E-state index in [9.17, 15) is 30.0 Å². The summed E-state index contributed by atoms with van der Waals surface area (Å²) in [6.07, 6.45) is 0.977. The van der Waals surface area contributed by atoms with Crippen LogP contribution in [0.5, 0.6) is 0 Å². The van der Waals surface area contributed by atoms with Crippen LogP contribution in [0.3, 0.4) is 0 Å². The summed E-state index contributed by atoms with van der Waals surface area (Å²) in [6, 6.07) is 17.5. The van der Waals surface area contributed by atoms with Gasteiger partial charge in [0.2, 0.25) is 21.6 Å². The molecule has 0 saturated carbocycles. The first kappa shape index (κ1) is 39.2. The molecule has 0 aliphatic rings. The van der Waals surface area contributed by atoms with E-state index in [2.05, 4.69) is 31.1 Å². The third-order valence-electron chi connectivity index (χ3n) is 6.83. The first-order chi connectivity index (χ1) is 22.2. The number of aromatic nitrogens is 1. The van der Waals surface area contributed by atoms with Crippen LogP contribution in [0.25, 0.3) is 0 Å². The Hall–Kier alpha value is -3.28. The molecule has 15 nitrogen and oxygen atoms in total. The van der Waals surface area contributed by atoms with Crippen LogP contribution in [0.1, 0.15) is 19.4 Å². The van der Waals surface area contributed by atoms with E-state index in [1.54, 1.807) is 63.2 Å². The van der Waals surface area contributed by atoms with Crippen LogP contribution < -0.4 is 41.3 Å². The number of rotatable bonds is 17. The van der Waals surface area contributed by atoms with E-state index >= 15 is 0 Å². The Morgan fingerprint density at radius 3 is 2.02 bits per heavy atom. The zero-order valence-corrected chi connectivity index (χ0v) is 29.8.